The SMILES string of the molecule is O=C(Nc1ccccc1)c1c(/N=C/c2ccc(-c3cccc(C(F)(F)F)c3)o2)sc2c1CCCC2. The number of nitrogens with one attached hydrogen (secondary N) is 1. The first kappa shape index (κ1) is 23.1. The van der Waals surface area contributed by atoms with Gasteiger partial charge in [-0.25, -0.2) is 4.99 Å². The van der Waals surface area contributed by atoms with Crippen LogP contribution >= 0.6 is 11.3 Å². The molecule has 0 radical (unpaired) electrons. The monoisotopic (exact) mass is 494 g/mol. The summed E-state index contributed by atoms with van der Waals surface area (Å²) < 4.78 is 44.9. The number of anilines is 1. The fraction of sp³-hybridized carbons (Fsp3) is 0.185. The van der Waals surface area contributed by atoms with Crippen LogP contribution in [0.2, 0.25) is 0 Å². The largest absolute Gasteiger partial charge is 0.455 e. The molecule has 0 saturated heterocycles. The predicted molar refractivity (Wildman–Crippen MR) is 132 cm³/mol. The molecule has 0 atom stereocenters. The number of amides is 1. The summed E-state index contributed by atoms with van der Waals surface area (Å²) in [5, 5.41) is 3.55. The molecule has 0 aliphatic heterocycles. The lowest BCUT2D eigenvalue weighted by Crippen LogP contribution is -2.14. The van der Waals surface area contributed by atoms with E-state index in [0.717, 1.165) is 43.4 Å². The van der Waals surface area contributed by atoms with Crippen LogP contribution in [0.25, 0.3) is 11.3 Å². The minimum atomic E-state index is -4.43. The van der Waals surface area contributed by atoms with Crippen LogP contribution in [0.15, 0.2) is 76.1 Å². The van der Waals surface area contributed by atoms with Gasteiger partial charge < -0.3 is 9.73 Å². The van der Waals surface area contributed by atoms with Gasteiger partial charge in [-0.15, -0.1) is 11.3 Å². The van der Waals surface area contributed by atoms with E-state index in [2.05, 4.69) is 10.3 Å². The molecule has 0 bridgehead atoms. The van der Waals surface area contributed by atoms with Crippen LogP contribution in [-0.4, -0.2) is 12.1 Å². The van der Waals surface area contributed by atoms with Crippen molar-refractivity contribution in [3.05, 3.63) is 94.1 Å². The first-order chi connectivity index (χ1) is 16.9. The molecule has 0 saturated carbocycles. The second-order valence-corrected chi connectivity index (χ2v) is 9.33. The van der Waals surface area contributed by atoms with E-state index < -0.39 is 11.7 Å². The lowest BCUT2D eigenvalue weighted by molar-refractivity contribution is -0.137. The fourth-order valence-electron chi connectivity index (χ4n) is 4.14. The normalized spacial score (nSPS) is 13.7. The number of hydrogen-bond acceptors (Lipinski definition) is 4. The van der Waals surface area contributed by atoms with E-state index in [1.165, 1.54) is 28.5 Å². The molecule has 35 heavy (non-hydrogen) atoms. The molecule has 5 rings (SSSR count). The predicted octanol–water partition coefficient (Wildman–Crippen LogP) is 7.91. The van der Waals surface area contributed by atoms with Crippen molar-refractivity contribution in [3.8, 4) is 11.3 Å². The number of carbonyl (C=O) groups excluding carboxylic acids is 1. The number of fused-ring (bicyclic) bond motifs is 1. The van der Waals surface area contributed by atoms with Gasteiger partial charge in [0.05, 0.1) is 17.3 Å². The topological polar surface area (TPSA) is 54.6 Å². The summed E-state index contributed by atoms with van der Waals surface area (Å²) in [6.07, 6.45) is 0.933. The molecule has 2 aromatic carbocycles. The van der Waals surface area contributed by atoms with E-state index in [0.29, 0.717) is 33.3 Å². The van der Waals surface area contributed by atoms with Crippen LogP contribution in [0.5, 0.6) is 0 Å². The quantitative estimate of drug-likeness (QED) is 0.287. The highest BCUT2D eigenvalue weighted by atomic mass is 32.1. The zero-order valence-electron chi connectivity index (χ0n) is 18.6. The fourth-order valence-corrected chi connectivity index (χ4v) is 5.37. The highest BCUT2D eigenvalue weighted by Gasteiger charge is 2.30. The number of nitrogens with zero attached hydrogens (tertiary/aromatic N) is 1. The van der Waals surface area contributed by atoms with Crippen LogP contribution in [-0.2, 0) is 19.0 Å². The Labute approximate surface area is 204 Å². The van der Waals surface area contributed by atoms with Gasteiger partial charge in [-0.1, -0.05) is 30.3 Å². The first-order valence-corrected chi connectivity index (χ1v) is 12.0. The number of carbonyl (C=O) groups is 1. The van der Waals surface area contributed by atoms with Gasteiger partial charge in [0, 0.05) is 16.1 Å². The van der Waals surface area contributed by atoms with E-state index in [9.17, 15) is 18.0 Å². The van der Waals surface area contributed by atoms with Gasteiger partial charge in [0.1, 0.15) is 16.5 Å². The molecule has 0 spiro atoms. The third kappa shape index (κ3) is 5.07. The van der Waals surface area contributed by atoms with E-state index in [-0.39, 0.29) is 5.91 Å². The van der Waals surface area contributed by atoms with Crippen molar-refractivity contribution in [3.63, 3.8) is 0 Å². The molecule has 0 unspecified atom stereocenters. The number of benzene rings is 2. The molecule has 1 aliphatic carbocycles. The number of para-hydroxylation sites is 1. The molecule has 1 amide bonds. The molecule has 178 valence electrons. The Hall–Kier alpha value is -3.65. The summed E-state index contributed by atoms with van der Waals surface area (Å²) in [5.41, 5.74) is 1.93. The zero-order valence-corrected chi connectivity index (χ0v) is 19.4. The van der Waals surface area contributed by atoms with Gasteiger partial charge in [0.2, 0.25) is 0 Å². The molecule has 2 aromatic heterocycles. The number of alkyl halides is 3. The van der Waals surface area contributed by atoms with E-state index >= 15 is 0 Å². The minimum Gasteiger partial charge on any atom is -0.455 e. The lowest BCUT2D eigenvalue weighted by atomic mass is 9.95. The van der Waals surface area contributed by atoms with E-state index in [1.54, 1.807) is 18.2 Å². The van der Waals surface area contributed by atoms with Crippen LogP contribution in [0.3, 0.4) is 0 Å². The summed E-state index contributed by atoms with van der Waals surface area (Å²) in [7, 11) is 0. The number of halogens is 3. The van der Waals surface area contributed by atoms with Crippen LogP contribution in [0, 0.1) is 0 Å². The highest BCUT2D eigenvalue weighted by Crippen LogP contribution is 2.40. The molecule has 2 heterocycles. The molecule has 1 aliphatic rings. The maximum absolute atomic E-state index is 13.2. The van der Waals surface area contributed by atoms with Gasteiger partial charge in [-0.05, 0) is 67.6 Å². The Kier molecular flexibility index (Phi) is 6.30. The van der Waals surface area contributed by atoms with Gasteiger partial charge in [-0.3, -0.25) is 4.79 Å². The number of furan rings is 1. The maximum Gasteiger partial charge on any atom is 0.416 e. The second kappa shape index (κ2) is 9.54. The van der Waals surface area contributed by atoms with Gasteiger partial charge in [-0.2, -0.15) is 13.2 Å². The number of aliphatic imine (C=N–C) groups is 1. The summed E-state index contributed by atoms with van der Waals surface area (Å²) in [6, 6.07) is 17.5. The van der Waals surface area contributed by atoms with Crippen molar-refractivity contribution in [2.24, 2.45) is 4.99 Å². The van der Waals surface area contributed by atoms with Crippen LogP contribution < -0.4 is 5.32 Å². The van der Waals surface area contributed by atoms with E-state index in [1.807, 2.05) is 30.3 Å². The van der Waals surface area contributed by atoms with Crippen LogP contribution in [0.4, 0.5) is 23.9 Å². The van der Waals surface area contributed by atoms with Crippen molar-refractivity contribution in [2.45, 2.75) is 31.9 Å². The van der Waals surface area contributed by atoms with Gasteiger partial charge >= 0.3 is 6.18 Å². The maximum atomic E-state index is 13.2. The first-order valence-electron chi connectivity index (χ1n) is 11.2. The molecule has 8 heteroatoms. The van der Waals surface area contributed by atoms with Crippen LogP contribution in [0.1, 0.15) is 45.0 Å². The Bertz CT molecular complexity index is 1390. The minimum absolute atomic E-state index is 0.202. The standard InChI is InChI=1S/C27H21F3N2O2S/c28-27(29,30)18-8-6-7-17(15-18)22-14-13-20(34-22)16-31-26-24(21-11-4-5-12-23(21)35-26)25(33)32-19-9-2-1-3-10-19/h1-3,6-10,13-16H,4-5,11-12H2,(H,32,33)/b31-16+. The average molecular weight is 495 g/mol. The summed E-state index contributed by atoms with van der Waals surface area (Å²) in [6.45, 7) is 0. The van der Waals surface area contributed by atoms with Gasteiger partial charge in [0.15, 0.2) is 0 Å². The third-order valence-electron chi connectivity index (χ3n) is 5.82. The third-order valence-corrected chi connectivity index (χ3v) is 7.02. The zero-order chi connectivity index (χ0) is 24.4. The molecule has 0 fully saturated rings. The van der Waals surface area contributed by atoms with E-state index in [4.69, 9.17) is 4.42 Å². The Morgan fingerprint density at radius 2 is 1.80 bits per heavy atom. The van der Waals surface area contributed by atoms with Crippen molar-refractivity contribution < 1.29 is 22.4 Å². The molecule has 4 aromatic rings. The number of rotatable bonds is 5. The molecule has 4 nitrogen and oxygen atoms in total. The number of aryl methyl sites for hydroxylation is 1. The smallest absolute Gasteiger partial charge is 0.416 e. The van der Waals surface area contributed by atoms with Crippen molar-refractivity contribution in [2.75, 3.05) is 5.32 Å². The lowest BCUT2D eigenvalue weighted by Gasteiger charge is -2.12. The Balaban J connectivity index is 1.42. The molecular formula is C27H21F3N2O2S. The average Bonchev–Trinajstić information content (AvgIpc) is 3.47. The molecule has 1 N–H and O–H groups in total. The Morgan fingerprint density at radius 3 is 2.60 bits per heavy atom. The summed E-state index contributed by atoms with van der Waals surface area (Å²) in [5.74, 6) is 0.495. The van der Waals surface area contributed by atoms with Crippen molar-refractivity contribution in [1.29, 1.82) is 0 Å². The summed E-state index contributed by atoms with van der Waals surface area (Å²) in [4.78, 5) is 18.9. The highest BCUT2D eigenvalue weighted by molar-refractivity contribution is 7.16. The van der Waals surface area contributed by atoms with Gasteiger partial charge in [0.25, 0.3) is 5.91 Å². The molecular weight excluding hydrogens is 473 g/mol. The van der Waals surface area contributed by atoms with Crippen molar-refractivity contribution in [1.82, 2.24) is 0 Å². The van der Waals surface area contributed by atoms with Crippen molar-refractivity contribution >= 4 is 34.1 Å². The number of hydrogen-bond donors (Lipinski definition) is 1. The number of thiophene rings is 1. The second-order valence-electron chi connectivity index (χ2n) is 8.25. The summed E-state index contributed by atoms with van der Waals surface area (Å²) >= 11 is 1.50. The Morgan fingerprint density at radius 1 is 1.00 bits per heavy atom.